The zero-order valence-electron chi connectivity index (χ0n) is 11.6. The summed E-state index contributed by atoms with van der Waals surface area (Å²) in [5.74, 6) is -0.111. The molecule has 1 heterocycles. The molecule has 0 amide bonds. The minimum atomic E-state index is -0.374. The summed E-state index contributed by atoms with van der Waals surface area (Å²) >= 11 is 0. The molecule has 1 rings (SSSR count). The van der Waals surface area contributed by atoms with Gasteiger partial charge in [-0.25, -0.2) is 0 Å². The number of methoxy groups -OCH3 is 1. The van der Waals surface area contributed by atoms with Gasteiger partial charge in [0.05, 0.1) is 12.5 Å². The van der Waals surface area contributed by atoms with Crippen molar-refractivity contribution in [2.24, 2.45) is 5.41 Å². The van der Waals surface area contributed by atoms with E-state index >= 15 is 0 Å². The third kappa shape index (κ3) is 4.28. The van der Waals surface area contributed by atoms with E-state index in [1.807, 2.05) is 20.9 Å². The van der Waals surface area contributed by atoms with Crippen molar-refractivity contribution in [1.82, 2.24) is 10.2 Å². The quantitative estimate of drug-likeness (QED) is 0.737. The molecule has 1 unspecified atom stereocenters. The number of likely N-dealkylation sites (N-methyl/N-ethyl adjacent to an activating group) is 1. The maximum Gasteiger partial charge on any atom is 0.311 e. The van der Waals surface area contributed by atoms with Crippen LogP contribution in [0.25, 0.3) is 0 Å². The second-order valence-corrected chi connectivity index (χ2v) is 5.55. The van der Waals surface area contributed by atoms with Crippen LogP contribution in [0.4, 0.5) is 0 Å². The van der Waals surface area contributed by atoms with Crippen molar-refractivity contribution >= 4 is 5.97 Å². The number of ether oxygens (including phenoxy) is 1. The second kappa shape index (κ2) is 6.36. The molecule has 4 nitrogen and oxygen atoms in total. The van der Waals surface area contributed by atoms with Gasteiger partial charge >= 0.3 is 5.97 Å². The van der Waals surface area contributed by atoms with Crippen molar-refractivity contribution in [3.63, 3.8) is 0 Å². The van der Waals surface area contributed by atoms with Gasteiger partial charge in [-0.2, -0.15) is 0 Å². The van der Waals surface area contributed by atoms with E-state index in [2.05, 4.69) is 10.2 Å². The highest BCUT2D eigenvalue weighted by molar-refractivity contribution is 5.75. The minimum absolute atomic E-state index is 0.111. The van der Waals surface area contributed by atoms with Crippen LogP contribution in [0.2, 0.25) is 0 Å². The molecule has 0 aromatic heterocycles. The molecule has 0 saturated carbocycles. The Hall–Kier alpha value is -0.610. The molecule has 1 aliphatic rings. The Labute approximate surface area is 105 Å². The van der Waals surface area contributed by atoms with Gasteiger partial charge in [-0.1, -0.05) is 0 Å². The van der Waals surface area contributed by atoms with Crippen LogP contribution in [0.1, 0.15) is 33.1 Å². The van der Waals surface area contributed by atoms with Crippen LogP contribution in [0.15, 0.2) is 0 Å². The highest BCUT2D eigenvalue weighted by Crippen LogP contribution is 2.23. The first-order valence-electron chi connectivity index (χ1n) is 6.47. The van der Waals surface area contributed by atoms with Crippen molar-refractivity contribution < 1.29 is 9.53 Å². The highest BCUT2D eigenvalue weighted by atomic mass is 16.5. The van der Waals surface area contributed by atoms with Crippen molar-refractivity contribution in [1.29, 1.82) is 0 Å². The van der Waals surface area contributed by atoms with E-state index in [0.717, 1.165) is 26.1 Å². The summed E-state index contributed by atoms with van der Waals surface area (Å²) in [7, 11) is 3.48. The molecule has 0 aromatic carbocycles. The zero-order valence-corrected chi connectivity index (χ0v) is 11.6. The fourth-order valence-electron chi connectivity index (χ4n) is 2.31. The van der Waals surface area contributed by atoms with Gasteiger partial charge in [0.1, 0.15) is 0 Å². The Morgan fingerprint density at radius 3 is 2.82 bits per heavy atom. The Balaban J connectivity index is 2.37. The van der Waals surface area contributed by atoms with Crippen molar-refractivity contribution in [2.75, 3.05) is 33.8 Å². The maximum absolute atomic E-state index is 11.6. The summed E-state index contributed by atoms with van der Waals surface area (Å²) in [5, 5.41) is 3.33. The predicted molar refractivity (Wildman–Crippen MR) is 68.9 cm³/mol. The standard InChI is InChI=1S/C13H26N2O2/c1-13(2,12(16)17-4)7-9-15-8-5-6-11(10-15)14-3/h11,14H,5-10H2,1-4H3. The number of carbonyl (C=O) groups is 1. The highest BCUT2D eigenvalue weighted by Gasteiger charge is 2.29. The van der Waals surface area contributed by atoms with E-state index in [9.17, 15) is 4.79 Å². The molecular formula is C13H26N2O2. The van der Waals surface area contributed by atoms with Crippen LogP contribution in [0.5, 0.6) is 0 Å². The first kappa shape index (κ1) is 14.5. The number of esters is 1. The number of carbonyl (C=O) groups excluding carboxylic acids is 1. The van der Waals surface area contributed by atoms with Crippen LogP contribution in [-0.2, 0) is 9.53 Å². The van der Waals surface area contributed by atoms with Crippen molar-refractivity contribution in [3.05, 3.63) is 0 Å². The summed E-state index contributed by atoms with van der Waals surface area (Å²) < 4.78 is 4.83. The molecule has 1 saturated heterocycles. The van der Waals surface area contributed by atoms with Crippen molar-refractivity contribution in [2.45, 2.75) is 39.2 Å². The average molecular weight is 242 g/mol. The molecule has 4 heteroatoms. The molecule has 1 N–H and O–H groups in total. The number of likely N-dealkylation sites (tertiary alicyclic amines) is 1. The van der Waals surface area contributed by atoms with E-state index in [4.69, 9.17) is 4.74 Å². The molecule has 0 spiro atoms. The number of hydrogen-bond acceptors (Lipinski definition) is 4. The summed E-state index contributed by atoms with van der Waals surface area (Å²) in [6.07, 6.45) is 3.35. The molecule has 0 aromatic rings. The molecule has 1 atom stereocenters. The fraction of sp³-hybridized carbons (Fsp3) is 0.923. The summed E-state index contributed by atoms with van der Waals surface area (Å²) in [4.78, 5) is 14.0. The van der Waals surface area contributed by atoms with Gasteiger partial charge in [-0.3, -0.25) is 4.79 Å². The first-order valence-corrected chi connectivity index (χ1v) is 6.47. The maximum atomic E-state index is 11.6. The summed E-state index contributed by atoms with van der Waals surface area (Å²) in [6.45, 7) is 7.13. The van der Waals surface area contributed by atoms with Gasteiger partial charge in [0, 0.05) is 12.6 Å². The second-order valence-electron chi connectivity index (χ2n) is 5.55. The lowest BCUT2D eigenvalue weighted by Gasteiger charge is -2.34. The number of rotatable bonds is 5. The Bertz CT molecular complexity index is 254. The smallest absolute Gasteiger partial charge is 0.311 e. The summed E-state index contributed by atoms with van der Waals surface area (Å²) in [5.41, 5.74) is -0.374. The number of hydrogen-bond donors (Lipinski definition) is 1. The minimum Gasteiger partial charge on any atom is -0.469 e. The molecule has 1 aliphatic heterocycles. The number of nitrogens with zero attached hydrogens (tertiary/aromatic N) is 1. The molecule has 100 valence electrons. The average Bonchev–Trinajstić information content (AvgIpc) is 2.35. The molecule has 1 fully saturated rings. The Morgan fingerprint density at radius 2 is 2.24 bits per heavy atom. The van der Waals surface area contributed by atoms with Crippen LogP contribution in [-0.4, -0.2) is 50.7 Å². The lowest BCUT2D eigenvalue weighted by atomic mass is 9.89. The van der Waals surface area contributed by atoms with Crippen molar-refractivity contribution in [3.8, 4) is 0 Å². The predicted octanol–water partition coefficient (Wildman–Crippen LogP) is 1.26. The van der Waals surface area contributed by atoms with E-state index < -0.39 is 0 Å². The summed E-state index contributed by atoms with van der Waals surface area (Å²) in [6, 6.07) is 0.602. The number of piperidine rings is 1. The number of nitrogens with one attached hydrogen (secondary N) is 1. The largest absolute Gasteiger partial charge is 0.469 e. The molecule has 17 heavy (non-hydrogen) atoms. The van der Waals surface area contributed by atoms with Crippen LogP contribution in [0.3, 0.4) is 0 Å². The van der Waals surface area contributed by atoms with Gasteiger partial charge in [0.2, 0.25) is 0 Å². The Kier molecular flexibility index (Phi) is 5.40. The lowest BCUT2D eigenvalue weighted by molar-refractivity contribution is -0.151. The topological polar surface area (TPSA) is 41.6 Å². The van der Waals surface area contributed by atoms with Gasteiger partial charge in [0.25, 0.3) is 0 Å². The van der Waals surface area contributed by atoms with Crippen LogP contribution in [0, 0.1) is 5.41 Å². The third-order valence-electron chi connectivity index (χ3n) is 3.70. The van der Waals surface area contributed by atoms with E-state index in [1.165, 1.54) is 20.0 Å². The van der Waals surface area contributed by atoms with Gasteiger partial charge < -0.3 is 15.0 Å². The normalized spacial score (nSPS) is 22.5. The van der Waals surface area contributed by atoms with E-state index in [1.54, 1.807) is 0 Å². The van der Waals surface area contributed by atoms with Gasteiger partial charge in [-0.05, 0) is 53.2 Å². The zero-order chi connectivity index (χ0) is 12.9. The van der Waals surface area contributed by atoms with E-state index in [-0.39, 0.29) is 11.4 Å². The van der Waals surface area contributed by atoms with Crippen LogP contribution < -0.4 is 5.32 Å². The monoisotopic (exact) mass is 242 g/mol. The third-order valence-corrected chi connectivity index (χ3v) is 3.70. The molecule has 0 radical (unpaired) electrons. The Morgan fingerprint density at radius 1 is 1.53 bits per heavy atom. The molecule has 0 aliphatic carbocycles. The van der Waals surface area contributed by atoms with E-state index in [0.29, 0.717) is 6.04 Å². The van der Waals surface area contributed by atoms with Crippen LogP contribution >= 0.6 is 0 Å². The van der Waals surface area contributed by atoms with Gasteiger partial charge in [-0.15, -0.1) is 0 Å². The van der Waals surface area contributed by atoms with Gasteiger partial charge in [0.15, 0.2) is 0 Å². The fourth-order valence-corrected chi connectivity index (χ4v) is 2.31. The first-order chi connectivity index (χ1) is 7.99. The lowest BCUT2D eigenvalue weighted by Crippen LogP contribution is -2.45. The molecular weight excluding hydrogens is 216 g/mol. The molecule has 0 bridgehead atoms. The SMILES string of the molecule is CNC1CCCN(CCC(C)(C)C(=O)OC)C1.